The number of nitrogens with one attached hydrogen (secondary N) is 1. The van der Waals surface area contributed by atoms with Crippen LogP contribution in [0.5, 0.6) is 11.5 Å². The fourth-order valence-electron chi connectivity index (χ4n) is 2.56. The normalized spacial score (nSPS) is 10.8. The molecule has 2 rings (SSSR count). The molecular formula is C20H23ClN2O3. The van der Waals surface area contributed by atoms with E-state index in [9.17, 15) is 4.79 Å². The minimum Gasteiger partial charge on any atom is -0.491 e. The third kappa shape index (κ3) is 5.23. The molecule has 0 radical (unpaired) electrons. The number of carbonyl (C=O) groups excluding carboxylic acids is 1. The van der Waals surface area contributed by atoms with E-state index in [-0.39, 0.29) is 12.3 Å². The highest BCUT2D eigenvalue weighted by Crippen LogP contribution is 2.35. The first kappa shape index (κ1) is 19.8. The first-order valence-corrected chi connectivity index (χ1v) is 8.70. The highest BCUT2D eigenvalue weighted by atomic mass is 35.5. The summed E-state index contributed by atoms with van der Waals surface area (Å²) in [7, 11) is 1.53. The van der Waals surface area contributed by atoms with Crippen LogP contribution < -0.4 is 14.9 Å². The quantitative estimate of drug-likeness (QED) is 0.587. The molecule has 5 nitrogen and oxygen atoms in total. The maximum Gasteiger partial charge on any atom is 0.244 e. The zero-order valence-electron chi connectivity index (χ0n) is 15.4. The van der Waals surface area contributed by atoms with Crippen LogP contribution in [-0.2, 0) is 11.2 Å². The molecule has 2 aromatic carbocycles. The van der Waals surface area contributed by atoms with Gasteiger partial charge in [-0.3, -0.25) is 4.79 Å². The van der Waals surface area contributed by atoms with Gasteiger partial charge in [0, 0.05) is 0 Å². The highest BCUT2D eigenvalue weighted by molar-refractivity contribution is 6.32. The number of amides is 1. The average Bonchev–Trinajstić information content (AvgIpc) is 2.58. The van der Waals surface area contributed by atoms with Crippen LogP contribution in [0.15, 0.2) is 35.4 Å². The number of nitrogens with zero attached hydrogens (tertiary/aromatic N) is 1. The molecular weight excluding hydrogens is 352 g/mol. The first-order valence-electron chi connectivity index (χ1n) is 8.33. The van der Waals surface area contributed by atoms with Crippen molar-refractivity contribution < 1.29 is 14.3 Å². The number of halogens is 1. The first-order chi connectivity index (χ1) is 12.4. The van der Waals surface area contributed by atoms with Crippen molar-refractivity contribution >= 4 is 23.7 Å². The Balaban J connectivity index is 2.04. The van der Waals surface area contributed by atoms with Gasteiger partial charge in [-0.1, -0.05) is 35.4 Å². The molecule has 0 aromatic heterocycles. The summed E-state index contributed by atoms with van der Waals surface area (Å²) in [4.78, 5) is 12.1. The molecule has 26 heavy (non-hydrogen) atoms. The molecule has 0 fully saturated rings. The molecule has 1 N–H and O–H groups in total. The lowest BCUT2D eigenvalue weighted by Crippen LogP contribution is -2.20. The Kier molecular flexibility index (Phi) is 7.04. The van der Waals surface area contributed by atoms with Gasteiger partial charge in [-0.05, 0) is 49.6 Å². The number of aryl methyl sites for hydroxylation is 2. The van der Waals surface area contributed by atoms with Crippen molar-refractivity contribution in [3.63, 3.8) is 0 Å². The Labute approximate surface area is 159 Å². The zero-order valence-corrected chi connectivity index (χ0v) is 16.2. The van der Waals surface area contributed by atoms with Crippen LogP contribution in [0.4, 0.5) is 0 Å². The van der Waals surface area contributed by atoms with Crippen LogP contribution in [-0.4, -0.2) is 25.8 Å². The van der Waals surface area contributed by atoms with Gasteiger partial charge in [-0.2, -0.15) is 5.10 Å². The van der Waals surface area contributed by atoms with Crippen molar-refractivity contribution in [1.82, 2.24) is 5.43 Å². The minimum absolute atomic E-state index is 0.183. The summed E-state index contributed by atoms with van der Waals surface area (Å²) >= 11 is 6.20. The molecule has 0 saturated heterocycles. The minimum atomic E-state index is -0.183. The van der Waals surface area contributed by atoms with Crippen LogP contribution in [0.1, 0.15) is 29.2 Å². The highest BCUT2D eigenvalue weighted by Gasteiger charge is 2.11. The van der Waals surface area contributed by atoms with E-state index in [0.29, 0.717) is 28.7 Å². The molecule has 0 spiro atoms. The van der Waals surface area contributed by atoms with Crippen LogP contribution >= 0.6 is 11.6 Å². The molecule has 0 saturated carbocycles. The van der Waals surface area contributed by atoms with Crippen molar-refractivity contribution in [2.45, 2.75) is 27.2 Å². The number of ether oxygens (including phenoxy) is 2. The van der Waals surface area contributed by atoms with Crippen LogP contribution in [0.2, 0.25) is 5.02 Å². The monoisotopic (exact) mass is 374 g/mol. The topological polar surface area (TPSA) is 59.9 Å². The second-order valence-corrected chi connectivity index (χ2v) is 6.27. The molecule has 0 aliphatic carbocycles. The molecule has 2 aromatic rings. The largest absolute Gasteiger partial charge is 0.491 e. The molecule has 138 valence electrons. The van der Waals surface area contributed by atoms with E-state index in [1.807, 2.05) is 32.9 Å². The molecule has 0 aliphatic heterocycles. The lowest BCUT2D eigenvalue weighted by molar-refractivity contribution is -0.120. The fraction of sp³-hybridized carbons (Fsp3) is 0.300. The molecule has 0 heterocycles. The summed E-state index contributed by atoms with van der Waals surface area (Å²) in [5.74, 6) is 0.827. The average molecular weight is 375 g/mol. The number of carbonyl (C=O) groups is 1. The molecule has 0 bridgehead atoms. The van der Waals surface area contributed by atoms with Gasteiger partial charge >= 0.3 is 0 Å². The van der Waals surface area contributed by atoms with Crippen LogP contribution in [0, 0.1) is 13.8 Å². The Bertz CT molecular complexity index is 819. The van der Waals surface area contributed by atoms with E-state index < -0.39 is 0 Å². The van der Waals surface area contributed by atoms with E-state index in [1.165, 1.54) is 18.9 Å². The third-order valence-electron chi connectivity index (χ3n) is 3.79. The van der Waals surface area contributed by atoms with E-state index in [2.05, 4.69) is 16.6 Å². The van der Waals surface area contributed by atoms with Gasteiger partial charge in [0.05, 0.1) is 31.4 Å². The van der Waals surface area contributed by atoms with Crippen molar-refractivity contribution in [2.75, 3.05) is 13.7 Å². The van der Waals surface area contributed by atoms with Gasteiger partial charge in [0.2, 0.25) is 5.91 Å². The van der Waals surface area contributed by atoms with Gasteiger partial charge in [0.1, 0.15) is 0 Å². The van der Waals surface area contributed by atoms with Gasteiger partial charge in [-0.25, -0.2) is 5.43 Å². The zero-order chi connectivity index (χ0) is 19.1. The smallest absolute Gasteiger partial charge is 0.244 e. The standard InChI is InChI=1S/C20H23ClN2O3/c1-5-26-18-10-15(9-17(21)20(18)25-4)12-22-23-19(24)11-16-7-6-13(2)8-14(16)3/h6-10,12H,5,11H2,1-4H3,(H,23,24)/b22-12+. The number of hydrogen-bond donors (Lipinski definition) is 1. The number of hydrogen-bond acceptors (Lipinski definition) is 4. The lowest BCUT2D eigenvalue weighted by atomic mass is 10.0. The van der Waals surface area contributed by atoms with Gasteiger partial charge in [0.25, 0.3) is 0 Å². The summed E-state index contributed by atoms with van der Waals surface area (Å²) in [6.45, 7) is 6.38. The maximum atomic E-state index is 12.1. The summed E-state index contributed by atoms with van der Waals surface area (Å²) in [5, 5.41) is 4.42. The summed E-state index contributed by atoms with van der Waals surface area (Å²) in [6, 6.07) is 9.47. The van der Waals surface area contributed by atoms with Crippen LogP contribution in [0.3, 0.4) is 0 Å². The maximum absolute atomic E-state index is 12.1. The summed E-state index contributed by atoms with van der Waals surface area (Å²) < 4.78 is 10.8. The van der Waals surface area contributed by atoms with Gasteiger partial charge < -0.3 is 9.47 Å². The molecule has 0 aliphatic rings. The Morgan fingerprint density at radius 1 is 1.27 bits per heavy atom. The fourth-order valence-corrected chi connectivity index (χ4v) is 2.86. The number of rotatable bonds is 7. The SMILES string of the molecule is CCOc1cc(/C=N/NC(=O)Cc2ccc(C)cc2C)cc(Cl)c1OC. The molecule has 6 heteroatoms. The summed E-state index contributed by atoms with van der Waals surface area (Å²) in [5.41, 5.74) is 6.48. The molecule has 1 amide bonds. The van der Waals surface area contributed by atoms with Crippen LogP contribution in [0.25, 0.3) is 0 Å². The summed E-state index contributed by atoms with van der Waals surface area (Å²) in [6.07, 6.45) is 1.80. The van der Waals surface area contributed by atoms with E-state index in [0.717, 1.165) is 11.1 Å². The van der Waals surface area contributed by atoms with Gasteiger partial charge in [-0.15, -0.1) is 0 Å². The second kappa shape index (κ2) is 9.25. The third-order valence-corrected chi connectivity index (χ3v) is 4.07. The number of methoxy groups -OCH3 is 1. The number of benzene rings is 2. The van der Waals surface area contributed by atoms with Crippen molar-refractivity contribution in [1.29, 1.82) is 0 Å². The molecule has 0 atom stereocenters. The van der Waals surface area contributed by atoms with Crippen molar-refractivity contribution in [2.24, 2.45) is 5.10 Å². The van der Waals surface area contributed by atoms with E-state index >= 15 is 0 Å². The second-order valence-electron chi connectivity index (χ2n) is 5.87. The Morgan fingerprint density at radius 2 is 2.04 bits per heavy atom. The predicted molar refractivity (Wildman–Crippen MR) is 105 cm³/mol. The van der Waals surface area contributed by atoms with E-state index in [4.69, 9.17) is 21.1 Å². The lowest BCUT2D eigenvalue weighted by Gasteiger charge is -2.11. The molecule has 0 unspecified atom stereocenters. The predicted octanol–water partition coefficient (Wildman–Crippen LogP) is 4.06. The Hall–Kier alpha value is -2.53. The van der Waals surface area contributed by atoms with E-state index in [1.54, 1.807) is 12.1 Å². The number of hydrazone groups is 1. The van der Waals surface area contributed by atoms with Crippen molar-refractivity contribution in [3.05, 3.63) is 57.6 Å². The Morgan fingerprint density at radius 3 is 2.69 bits per heavy atom. The van der Waals surface area contributed by atoms with Crippen molar-refractivity contribution in [3.8, 4) is 11.5 Å². The van der Waals surface area contributed by atoms with Gasteiger partial charge in [0.15, 0.2) is 11.5 Å².